The fourth-order valence-corrected chi connectivity index (χ4v) is 2.16. The lowest BCUT2D eigenvalue weighted by Gasteiger charge is -2.26. The highest BCUT2D eigenvalue weighted by Crippen LogP contribution is 2.07. The zero-order valence-corrected chi connectivity index (χ0v) is 12.2. The van der Waals surface area contributed by atoms with Crippen LogP contribution in [0.25, 0.3) is 0 Å². The molecular formula is C16H18FN3O2. The Morgan fingerprint density at radius 1 is 1.41 bits per heavy atom. The molecule has 116 valence electrons. The summed E-state index contributed by atoms with van der Waals surface area (Å²) in [5, 5.41) is 12.0. The number of nitrogens with one attached hydrogen (secondary N) is 1. The number of rotatable bonds is 5. The van der Waals surface area contributed by atoms with Crippen LogP contribution >= 0.6 is 0 Å². The van der Waals surface area contributed by atoms with E-state index in [1.807, 2.05) is 6.07 Å². The standard InChI is InChI=1S/C16H18FN3O2/c17-15-4-2-1-3-13(15)5-6-19-12-14(11-18)16(21)20-7-9-22-10-8-20/h1-4,12,19H,5-10H2/b14-12-. The van der Waals surface area contributed by atoms with Gasteiger partial charge in [0.1, 0.15) is 17.5 Å². The zero-order valence-electron chi connectivity index (χ0n) is 12.2. The summed E-state index contributed by atoms with van der Waals surface area (Å²) in [7, 11) is 0. The van der Waals surface area contributed by atoms with E-state index >= 15 is 0 Å². The van der Waals surface area contributed by atoms with E-state index in [1.165, 1.54) is 12.3 Å². The molecule has 6 heteroatoms. The molecule has 1 fully saturated rings. The lowest BCUT2D eigenvalue weighted by Crippen LogP contribution is -2.41. The summed E-state index contributed by atoms with van der Waals surface area (Å²) in [5.74, 6) is -0.553. The SMILES string of the molecule is N#C/C(=C/NCCc1ccccc1F)C(=O)N1CCOCC1. The number of benzene rings is 1. The molecule has 1 N–H and O–H groups in total. The summed E-state index contributed by atoms with van der Waals surface area (Å²) in [4.78, 5) is 13.7. The quantitative estimate of drug-likeness (QED) is 0.505. The minimum Gasteiger partial charge on any atom is -0.389 e. The molecule has 1 aromatic rings. The number of amides is 1. The highest BCUT2D eigenvalue weighted by molar-refractivity contribution is 5.97. The predicted molar refractivity (Wildman–Crippen MR) is 79.2 cm³/mol. The highest BCUT2D eigenvalue weighted by atomic mass is 19.1. The molecule has 0 aromatic heterocycles. The van der Waals surface area contributed by atoms with Gasteiger partial charge in [-0.25, -0.2) is 4.39 Å². The topological polar surface area (TPSA) is 65.4 Å². The summed E-state index contributed by atoms with van der Waals surface area (Å²) in [5.41, 5.74) is 0.650. The third-order valence-electron chi connectivity index (χ3n) is 3.39. The monoisotopic (exact) mass is 303 g/mol. The molecule has 1 amide bonds. The molecule has 0 bridgehead atoms. The summed E-state index contributed by atoms with van der Waals surface area (Å²) >= 11 is 0. The van der Waals surface area contributed by atoms with Crippen LogP contribution in [0.3, 0.4) is 0 Å². The van der Waals surface area contributed by atoms with Crippen LogP contribution in [-0.4, -0.2) is 43.7 Å². The molecule has 5 nitrogen and oxygen atoms in total. The van der Waals surface area contributed by atoms with E-state index in [0.717, 1.165) is 0 Å². The van der Waals surface area contributed by atoms with Gasteiger partial charge in [-0.2, -0.15) is 5.26 Å². The smallest absolute Gasteiger partial charge is 0.266 e. The first-order valence-electron chi connectivity index (χ1n) is 7.16. The van der Waals surface area contributed by atoms with Crippen LogP contribution in [-0.2, 0) is 16.0 Å². The van der Waals surface area contributed by atoms with Crippen molar-refractivity contribution >= 4 is 5.91 Å². The number of ether oxygens (including phenoxy) is 1. The summed E-state index contributed by atoms with van der Waals surface area (Å²) in [6.45, 7) is 2.42. The van der Waals surface area contributed by atoms with Gasteiger partial charge in [0.25, 0.3) is 5.91 Å². The lowest BCUT2D eigenvalue weighted by atomic mass is 10.1. The van der Waals surface area contributed by atoms with E-state index in [1.54, 1.807) is 23.1 Å². The van der Waals surface area contributed by atoms with Crippen molar-refractivity contribution < 1.29 is 13.9 Å². The number of carbonyl (C=O) groups excluding carboxylic acids is 1. The number of hydrogen-bond acceptors (Lipinski definition) is 4. The van der Waals surface area contributed by atoms with Gasteiger partial charge in [-0.15, -0.1) is 0 Å². The Labute approximate surface area is 129 Å². The first-order chi connectivity index (χ1) is 10.7. The molecular weight excluding hydrogens is 285 g/mol. The van der Waals surface area contributed by atoms with E-state index in [-0.39, 0.29) is 17.3 Å². The van der Waals surface area contributed by atoms with Crippen molar-refractivity contribution in [3.8, 4) is 6.07 Å². The van der Waals surface area contributed by atoms with E-state index < -0.39 is 0 Å². The van der Waals surface area contributed by atoms with Crippen molar-refractivity contribution in [3.05, 3.63) is 47.4 Å². The molecule has 22 heavy (non-hydrogen) atoms. The van der Waals surface area contributed by atoms with Gasteiger partial charge < -0.3 is 15.0 Å². The van der Waals surface area contributed by atoms with Crippen molar-refractivity contribution in [3.63, 3.8) is 0 Å². The van der Waals surface area contributed by atoms with E-state index in [4.69, 9.17) is 10.00 Å². The van der Waals surface area contributed by atoms with Crippen LogP contribution in [0.15, 0.2) is 36.0 Å². The number of nitrogens with zero attached hydrogens (tertiary/aromatic N) is 2. The van der Waals surface area contributed by atoms with E-state index in [9.17, 15) is 9.18 Å². The van der Waals surface area contributed by atoms with Gasteiger partial charge in [0.15, 0.2) is 0 Å². The van der Waals surface area contributed by atoms with E-state index in [0.29, 0.717) is 44.8 Å². The maximum Gasteiger partial charge on any atom is 0.266 e. The zero-order chi connectivity index (χ0) is 15.8. The fraction of sp³-hybridized carbons (Fsp3) is 0.375. The third kappa shape index (κ3) is 4.30. The fourth-order valence-electron chi connectivity index (χ4n) is 2.16. The lowest BCUT2D eigenvalue weighted by molar-refractivity contribution is -0.130. The number of carbonyl (C=O) groups is 1. The normalized spacial score (nSPS) is 15.3. The van der Waals surface area contributed by atoms with Gasteiger partial charge in [0, 0.05) is 25.8 Å². The second-order valence-corrected chi connectivity index (χ2v) is 4.87. The van der Waals surface area contributed by atoms with Crippen LogP contribution in [0.5, 0.6) is 0 Å². The Kier molecular flexibility index (Phi) is 5.92. The first kappa shape index (κ1) is 16.0. The highest BCUT2D eigenvalue weighted by Gasteiger charge is 2.20. The second kappa shape index (κ2) is 8.15. The minimum absolute atomic E-state index is 0.0513. The average Bonchev–Trinajstić information content (AvgIpc) is 2.57. The second-order valence-electron chi connectivity index (χ2n) is 4.87. The Hall–Kier alpha value is -2.39. The first-order valence-corrected chi connectivity index (χ1v) is 7.16. The van der Waals surface area contributed by atoms with Gasteiger partial charge >= 0.3 is 0 Å². The molecule has 0 saturated carbocycles. The molecule has 1 saturated heterocycles. The Bertz CT molecular complexity index is 589. The number of morpholine rings is 1. The Morgan fingerprint density at radius 3 is 2.82 bits per heavy atom. The summed E-state index contributed by atoms with van der Waals surface area (Å²) in [6.07, 6.45) is 1.88. The van der Waals surface area contributed by atoms with Gasteiger partial charge in [0.2, 0.25) is 0 Å². The number of halogens is 1. The van der Waals surface area contributed by atoms with Gasteiger partial charge in [-0.05, 0) is 18.1 Å². The maximum absolute atomic E-state index is 13.4. The Morgan fingerprint density at radius 2 is 2.14 bits per heavy atom. The number of hydrogen-bond donors (Lipinski definition) is 1. The van der Waals surface area contributed by atoms with Crippen LogP contribution in [0, 0.1) is 17.1 Å². The molecule has 1 heterocycles. The van der Waals surface area contributed by atoms with Crippen LogP contribution < -0.4 is 5.32 Å². The summed E-state index contributed by atoms with van der Waals surface area (Å²) < 4.78 is 18.6. The number of nitriles is 1. The van der Waals surface area contributed by atoms with Crippen molar-refractivity contribution in [1.82, 2.24) is 10.2 Å². The summed E-state index contributed by atoms with van der Waals surface area (Å²) in [6, 6.07) is 8.44. The van der Waals surface area contributed by atoms with Crippen LogP contribution in [0.1, 0.15) is 5.56 Å². The largest absolute Gasteiger partial charge is 0.389 e. The van der Waals surface area contributed by atoms with Crippen molar-refractivity contribution in [1.29, 1.82) is 5.26 Å². The minimum atomic E-state index is -0.302. The molecule has 0 unspecified atom stereocenters. The van der Waals surface area contributed by atoms with Crippen molar-refractivity contribution in [2.24, 2.45) is 0 Å². The van der Waals surface area contributed by atoms with Crippen molar-refractivity contribution in [2.75, 3.05) is 32.8 Å². The molecule has 2 rings (SSSR count). The molecule has 0 atom stereocenters. The Balaban J connectivity index is 1.86. The third-order valence-corrected chi connectivity index (χ3v) is 3.39. The molecule has 1 aromatic carbocycles. The average molecular weight is 303 g/mol. The van der Waals surface area contributed by atoms with Gasteiger partial charge in [-0.1, -0.05) is 18.2 Å². The molecule has 1 aliphatic rings. The van der Waals surface area contributed by atoms with E-state index in [2.05, 4.69) is 5.32 Å². The van der Waals surface area contributed by atoms with Gasteiger partial charge in [-0.3, -0.25) is 4.79 Å². The molecule has 0 spiro atoms. The maximum atomic E-state index is 13.4. The van der Waals surface area contributed by atoms with Crippen LogP contribution in [0.4, 0.5) is 4.39 Å². The van der Waals surface area contributed by atoms with Gasteiger partial charge in [0.05, 0.1) is 13.2 Å². The van der Waals surface area contributed by atoms with Crippen molar-refractivity contribution in [2.45, 2.75) is 6.42 Å². The van der Waals surface area contributed by atoms with Crippen LogP contribution in [0.2, 0.25) is 0 Å². The molecule has 0 aliphatic carbocycles. The molecule has 0 radical (unpaired) electrons. The predicted octanol–water partition coefficient (Wildman–Crippen LogP) is 1.22. The molecule has 1 aliphatic heterocycles.